The molecule has 0 saturated heterocycles. The highest BCUT2D eigenvalue weighted by Crippen LogP contribution is 2.22. The largest absolute Gasteiger partial charge is 0.350 e. The predicted molar refractivity (Wildman–Crippen MR) is 53.0 cm³/mol. The van der Waals surface area contributed by atoms with Crippen molar-refractivity contribution in [1.82, 2.24) is 4.57 Å². The summed E-state index contributed by atoms with van der Waals surface area (Å²) in [4.78, 5) is 10.8. The minimum absolute atomic E-state index is 0.774. The first-order chi connectivity index (χ1) is 6.24. The molecular formula is C11H11NO. The predicted octanol–water partition coefficient (Wildman–Crippen LogP) is 2.30. The van der Waals surface area contributed by atoms with Gasteiger partial charge in [-0.2, -0.15) is 0 Å². The molecule has 0 saturated carbocycles. The second kappa shape index (κ2) is 2.73. The van der Waals surface area contributed by atoms with Gasteiger partial charge < -0.3 is 4.57 Å². The summed E-state index contributed by atoms with van der Waals surface area (Å²) in [6.45, 7) is 2.02. The van der Waals surface area contributed by atoms with E-state index >= 15 is 0 Å². The first-order valence-electron chi connectivity index (χ1n) is 4.24. The molecule has 2 nitrogen and oxygen atoms in total. The highest BCUT2D eigenvalue weighted by molar-refractivity contribution is 5.99. The number of hydrogen-bond acceptors (Lipinski definition) is 1. The summed E-state index contributed by atoms with van der Waals surface area (Å²) in [6, 6.07) is 5.78. The van der Waals surface area contributed by atoms with Crippen LogP contribution in [0.2, 0.25) is 0 Å². The number of nitrogens with zero attached hydrogens (tertiary/aromatic N) is 1. The van der Waals surface area contributed by atoms with Gasteiger partial charge in [0.25, 0.3) is 0 Å². The summed E-state index contributed by atoms with van der Waals surface area (Å²) in [5, 5.41) is 1.07. The van der Waals surface area contributed by atoms with E-state index in [9.17, 15) is 4.79 Å². The van der Waals surface area contributed by atoms with Crippen LogP contribution >= 0.6 is 0 Å². The molecule has 0 aliphatic carbocycles. The third kappa shape index (κ3) is 1.06. The number of fused-ring (bicyclic) bond motifs is 1. The van der Waals surface area contributed by atoms with Crippen LogP contribution in [0.4, 0.5) is 0 Å². The van der Waals surface area contributed by atoms with Crippen LogP contribution in [0.25, 0.3) is 10.9 Å². The summed E-state index contributed by atoms with van der Waals surface area (Å²) in [6.07, 6.45) is 2.95. The molecule has 0 aliphatic rings. The van der Waals surface area contributed by atoms with Crippen molar-refractivity contribution in [1.29, 1.82) is 0 Å². The average molecular weight is 173 g/mol. The number of benzene rings is 1. The van der Waals surface area contributed by atoms with Crippen LogP contribution in [0.3, 0.4) is 0 Å². The van der Waals surface area contributed by atoms with E-state index in [0.29, 0.717) is 0 Å². The standard InChI is InChI=1S/C11H11NO/c1-8-6-12(2)10-5-3-4-9(7-13)11(8)10/h3-7H,1-2H3. The van der Waals surface area contributed by atoms with Gasteiger partial charge in [0.15, 0.2) is 6.29 Å². The number of aryl methyl sites for hydroxylation is 2. The smallest absolute Gasteiger partial charge is 0.150 e. The number of hydrogen-bond donors (Lipinski definition) is 0. The molecule has 0 unspecified atom stereocenters. The van der Waals surface area contributed by atoms with Crippen LogP contribution in [0.5, 0.6) is 0 Å². The number of aldehydes is 1. The van der Waals surface area contributed by atoms with Gasteiger partial charge in [0.1, 0.15) is 0 Å². The monoisotopic (exact) mass is 173 g/mol. The van der Waals surface area contributed by atoms with Gasteiger partial charge in [0.2, 0.25) is 0 Å². The highest BCUT2D eigenvalue weighted by Gasteiger charge is 2.05. The Morgan fingerprint density at radius 1 is 1.38 bits per heavy atom. The van der Waals surface area contributed by atoms with Gasteiger partial charge >= 0.3 is 0 Å². The molecule has 0 radical (unpaired) electrons. The van der Waals surface area contributed by atoms with Gasteiger partial charge in [0.05, 0.1) is 0 Å². The van der Waals surface area contributed by atoms with Crippen LogP contribution in [-0.4, -0.2) is 10.9 Å². The quantitative estimate of drug-likeness (QED) is 0.606. The zero-order valence-corrected chi connectivity index (χ0v) is 7.74. The molecule has 1 aromatic heterocycles. The summed E-state index contributed by atoms with van der Waals surface area (Å²) >= 11 is 0. The van der Waals surface area contributed by atoms with Crippen molar-refractivity contribution in [2.75, 3.05) is 0 Å². The average Bonchev–Trinajstić information content (AvgIpc) is 2.43. The molecule has 2 rings (SSSR count). The van der Waals surface area contributed by atoms with E-state index in [2.05, 4.69) is 0 Å². The molecule has 0 amide bonds. The van der Waals surface area contributed by atoms with Crippen molar-refractivity contribution in [2.45, 2.75) is 6.92 Å². The molecule has 0 atom stereocenters. The summed E-state index contributed by atoms with van der Waals surface area (Å²) in [7, 11) is 1.99. The highest BCUT2D eigenvalue weighted by atomic mass is 16.1. The molecule has 0 fully saturated rings. The second-order valence-electron chi connectivity index (χ2n) is 3.28. The fraction of sp³-hybridized carbons (Fsp3) is 0.182. The Bertz CT molecular complexity index is 468. The van der Waals surface area contributed by atoms with Crippen molar-refractivity contribution < 1.29 is 4.79 Å². The van der Waals surface area contributed by atoms with Crippen LogP contribution in [0, 0.1) is 6.92 Å². The van der Waals surface area contributed by atoms with Crippen molar-refractivity contribution >= 4 is 17.2 Å². The zero-order valence-electron chi connectivity index (χ0n) is 7.74. The van der Waals surface area contributed by atoms with Gasteiger partial charge in [-0.05, 0) is 18.6 Å². The number of rotatable bonds is 1. The lowest BCUT2D eigenvalue weighted by molar-refractivity contribution is 0.112. The molecule has 0 aliphatic heterocycles. The van der Waals surface area contributed by atoms with E-state index in [1.807, 2.05) is 42.9 Å². The topological polar surface area (TPSA) is 22.0 Å². The lowest BCUT2D eigenvalue weighted by atomic mass is 10.1. The normalized spacial score (nSPS) is 10.6. The maximum atomic E-state index is 10.8. The Morgan fingerprint density at radius 3 is 2.85 bits per heavy atom. The van der Waals surface area contributed by atoms with Crippen molar-refractivity contribution in [2.24, 2.45) is 7.05 Å². The van der Waals surface area contributed by atoms with Crippen molar-refractivity contribution in [3.8, 4) is 0 Å². The molecule has 66 valence electrons. The fourth-order valence-corrected chi connectivity index (χ4v) is 1.80. The maximum absolute atomic E-state index is 10.8. The minimum atomic E-state index is 0.774. The first kappa shape index (κ1) is 8.05. The summed E-state index contributed by atoms with van der Waals surface area (Å²) in [5.41, 5.74) is 3.04. The van der Waals surface area contributed by atoms with E-state index in [4.69, 9.17) is 0 Å². The molecule has 13 heavy (non-hydrogen) atoms. The molecule has 0 bridgehead atoms. The van der Waals surface area contributed by atoms with E-state index < -0.39 is 0 Å². The van der Waals surface area contributed by atoms with Gasteiger partial charge in [-0.1, -0.05) is 12.1 Å². The van der Waals surface area contributed by atoms with Crippen LogP contribution < -0.4 is 0 Å². The SMILES string of the molecule is Cc1cn(C)c2cccc(C=O)c12. The minimum Gasteiger partial charge on any atom is -0.350 e. The second-order valence-corrected chi connectivity index (χ2v) is 3.28. The van der Waals surface area contributed by atoms with E-state index in [1.165, 1.54) is 0 Å². The van der Waals surface area contributed by atoms with Crippen molar-refractivity contribution in [3.63, 3.8) is 0 Å². The first-order valence-corrected chi connectivity index (χ1v) is 4.24. The van der Waals surface area contributed by atoms with Gasteiger partial charge in [0, 0.05) is 29.7 Å². The zero-order chi connectivity index (χ0) is 9.42. The van der Waals surface area contributed by atoms with E-state index in [1.54, 1.807) is 0 Å². The molecule has 2 aromatic rings. The lowest BCUT2D eigenvalue weighted by Crippen LogP contribution is -1.85. The molecule has 2 heteroatoms. The Hall–Kier alpha value is -1.57. The Labute approximate surface area is 76.8 Å². The number of carbonyl (C=O) groups is 1. The third-order valence-corrected chi connectivity index (χ3v) is 2.36. The Balaban J connectivity index is 2.96. The van der Waals surface area contributed by atoms with E-state index in [-0.39, 0.29) is 0 Å². The molecule has 1 aromatic carbocycles. The maximum Gasteiger partial charge on any atom is 0.150 e. The number of carbonyl (C=O) groups excluding carboxylic acids is 1. The van der Waals surface area contributed by atoms with Gasteiger partial charge in [-0.3, -0.25) is 4.79 Å². The van der Waals surface area contributed by atoms with Crippen molar-refractivity contribution in [3.05, 3.63) is 35.5 Å². The summed E-state index contributed by atoms with van der Waals surface area (Å²) < 4.78 is 2.04. The van der Waals surface area contributed by atoms with Crippen LogP contribution in [-0.2, 0) is 7.05 Å². The van der Waals surface area contributed by atoms with Crippen LogP contribution in [0.1, 0.15) is 15.9 Å². The molecule has 0 N–H and O–H groups in total. The Kier molecular flexibility index (Phi) is 1.69. The van der Waals surface area contributed by atoms with Gasteiger partial charge in [-0.25, -0.2) is 0 Å². The van der Waals surface area contributed by atoms with E-state index in [0.717, 1.165) is 28.3 Å². The van der Waals surface area contributed by atoms with Crippen LogP contribution in [0.15, 0.2) is 24.4 Å². The molecule has 0 spiro atoms. The van der Waals surface area contributed by atoms with Gasteiger partial charge in [-0.15, -0.1) is 0 Å². The molecule has 1 heterocycles. The summed E-state index contributed by atoms with van der Waals surface area (Å²) in [5.74, 6) is 0. The lowest BCUT2D eigenvalue weighted by Gasteiger charge is -1.97. The third-order valence-electron chi connectivity index (χ3n) is 2.36. The number of aromatic nitrogens is 1. The fourth-order valence-electron chi connectivity index (χ4n) is 1.80. The molecular weight excluding hydrogens is 162 g/mol. The Morgan fingerprint density at radius 2 is 2.15 bits per heavy atom.